The van der Waals surface area contributed by atoms with Crippen LogP contribution in [0.1, 0.15) is 58.8 Å². The first kappa shape index (κ1) is 22.2. The van der Waals surface area contributed by atoms with Gasteiger partial charge in [0.25, 0.3) is 0 Å². The molecule has 0 aliphatic carbocycles. The molecule has 0 aromatic rings. The zero-order chi connectivity index (χ0) is 17.5. The molecule has 0 amide bonds. The fraction of sp³-hybridized carbons (Fsp3) is 0.950. The van der Waals surface area contributed by atoms with Crippen molar-refractivity contribution in [2.24, 2.45) is 10.4 Å². The van der Waals surface area contributed by atoms with Crippen LogP contribution in [0.5, 0.6) is 0 Å². The number of likely N-dealkylation sites (N-methyl/N-ethyl adjacent to an activating group) is 1. The topological polar surface area (TPSA) is 40.1 Å². The molecule has 3 aliphatic heterocycles. The Balaban J connectivity index is 0.00000243. The molecule has 6 heteroatoms. The van der Waals surface area contributed by atoms with Crippen LogP contribution in [0.2, 0.25) is 0 Å². The molecule has 1 spiro atoms. The second-order valence-electron chi connectivity index (χ2n) is 8.15. The fourth-order valence-corrected chi connectivity index (χ4v) is 4.92. The van der Waals surface area contributed by atoms with E-state index in [1.54, 1.807) is 0 Å². The lowest BCUT2D eigenvalue weighted by molar-refractivity contribution is -0.0370. The van der Waals surface area contributed by atoms with Crippen LogP contribution in [-0.4, -0.2) is 74.3 Å². The number of nitrogens with one attached hydrogen (secondary N) is 1. The third-order valence-electron chi connectivity index (χ3n) is 6.31. The number of guanidine groups is 1. The van der Waals surface area contributed by atoms with E-state index < -0.39 is 0 Å². The van der Waals surface area contributed by atoms with Crippen LogP contribution in [0.25, 0.3) is 0 Å². The fourth-order valence-electron chi connectivity index (χ4n) is 4.92. The molecule has 3 heterocycles. The van der Waals surface area contributed by atoms with E-state index in [2.05, 4.69) is 29.0 Å². The number of hydrogen-bond acceptors (Lipinski definition) is 3. The lowest BCUT2D eigenvalue weighted by Gasteiger charge is -2.46. The predicted octanol–water partition coefficient (Wildman–Crippen LogP) is 3.34. The minimum atomic E-state index is 0. The third-order valence-corrected chi connectivity index (χ3v) is 6.31. The number of aliphatic imine (C=N–C) groups is 1. The maximum atomic E-state index is 5.84. The number of ether oxygens (including phenoxy) is 1. The number of rotatable bonds is 4. The molecule has 3 rings (SSSR count). The highest BCUT2D eigenvalue weighted by Gasteiger charge is 2.38. The molecular formula is C20H39IN4O. The van der Waals surface area contributed by atoms with Crippen LogP contribution in [0.4, 0.5) is 0 Å². The van der Waals surface area contributed by atoms with Gasteiger partial charge in [-0.1, -0.05) is 13.3 Å². The first-order chi connectivity index (χ1) is 12.3. The number of piperidine rings is 2. The van der Waals surface area contributed by atoms with E-state index in [1.807, 2.05) is 0 Å². The summed E-state index contributed by atoms with van der Waals surface area (Å²) in [5.74, 6) is 1.13. The quantitative estimate of drug-likeness (QED) is 0.382. The van der Waals surface area contributed by atoms with Crippen LogP contribution in [-0.2, 0) is 4.74 Å². The lowest BCUT2D eigenvalue weighted by Crippen LogP contribution is -2.53. The Morgan fingerprint density at radius 1 is 1.15 bits per heavy atom. The van der Waals surface area contributed by atoms with Gasteiger partial charge in [-0.05, 0) is 58.5 Å². The first-order valence-electron chi connectivity index (χ1n) is 10.6. The normalized spacial score (nSPS) is 30.9. The van der Waals surface area contributed by atoms with E-state index in [-0.39, 0.29) is 24.0 Å². The monoisotopic (exact) mass is 478 g/mol. The Labute approximate surface area is 177 Å². The molecule has 1 N–H and O–H groups in total. The number of halogens is 1. The number of hydrogen-bond donors (Lipinski definition) is 1. The summed E-state index contributed by atoms with van der Waals surface area (Å²) in [6.07, 6.45) is 9.12. The van der Waals surface area contributed by atoms with Crippen molar-refractivity contribution in [2.75, 3.05) is 52.5 Å². The maximum Gasteiger partial charge on any atom is 0.193 e. The van der Waals surface area contributed by atoms with Gasteiger partial charge in [-0.3, -0.25) is 9.89 Å². The summed E-state index contributed by atoms with van der Waals surface area (Å²) in [6.45, 7) is 12.9. The molecule has 3 saturated heterocycles. The molecule has 152 valence electrons. The van der Waals surface area contributed by atoms with Crippen molar-refractivity contribution in [3.05, 3.63) is 0 Å². The summed E-state index contributed by atoms with van der Waals surface area (Å²) in [5, 5.41) is 3.56. The van der Waals surface area contributed by atoms with Crippen LogP contribution in [0.15, 0.2) is 4.99 Å². The van der Waals surface area contributed by atoms with Gasteiger partial charge < -0.3 is 15.0 Å². The van der Waals surface area contributed by atoms with Crippen molar-refractivity contribution in [3.63, 3.8) is 0 Å². The maximum absolute atomic E-state index is 5.84. The Morgan fingerprint density at radius 2 is 2.00 bits per heavy atom. The summed E-state index contributed by atoms with van der Waals surface area (Å²) in [4.78, 5) is 10.2. The van der Waals surface area contributed by atoms with Gasteiger partial charge in [0.05, 0.1) is 13.2 Å². The van der Waals surface area contributed by atoms with Crippen molar-refractivity contribution in [1.82, 2.24) is 15.1 Å². The average molecular weight is 478 g/mol. The Morgan fingerprint density at radius 3 is 2.73 bits per heavy atom. The van der Waals surface area contributed by atoms with Gasteiger partial charge in [0, 0.05) is 37.7 Å². The van der Waals surface area contributed by atoms with Crippen molar-refractivity contribution in [2.45, 2.75) is 64.8 Å². The molecule has 0 saturated carbocycles. The Bertz CT molecular complexity index is 434. The zero-order valence-corrected chi connectivity index (χ0v) is 19.2. The summed E-state index contributed by atoms with van der Waals surface area (Å²) >= 11 is 0. The molecule has 0 aromatic heterocycles. The van der Waals surface area contributed by atoms with E-state index in [9.17, 15) is 0 Å². The molecule has 2 atom stereocenters. The summed E-state index contributed by atoms with van der Waals surface area (Å²) in [5.41, 5.74) is 0.368. The highest BCUT2D eigenvalue weighted by atomic mass is 127. The zero-order valence-electron chi connectivity index (χ0n) is 16.8. The predicted molar refractivity (Wildman–Crippen MR) is 120 cm³/mol. The average Bonchev–Trinajstić information content (AvgIpc) is 2.66. The molecule has 0 bridgehead atoms. The molecule has 0 aromatic carbocycles. The van der Waals surface area contributed by atoms with Crippen LogP contribution in [0.3, 0.4) is 0 Å². The molecule has 0 radical (unpaired) electrons. The Hall–Kier alpha value is -0.0800. The molecule has 2 unspecified atom stereocenters. The van der Waals surface area contributed by atoms with Gasteiger partial charge in [0.1, 0.15) is 0 Å². The van der Waals surface area contributed by atoms with Crippen molar-refractivity contribution < 1.29 is 4.74 Å². The van der Waals surface area contributed by atoms with Gasteiger partial charge in [0.15, 0.2) is 5.96 Å². The summed E-state index contributed by atoms with van der Waals surface area (Å²) < 4.78 is 5.84. The van der Waals surface area contributed by atoms with Crippen molar-refractivity contribution in [3.8, 4) is 0 Å². The van der Waals surface area contributed by atoms with E-state index in [1.165, 1.54) is 51.5 Å². The Kier molecular flexibility index (Phi) is 9.44. The largest absolute Gasteiger partial charge is 0.381 e. The second-order valence-corrected chi connectivity index (χ2v) is 8.15. The van der Waals surface area contributed by atoms with Gasteiger partial charge >= 0.3 is 0 Å². The minimum absolute atomic E-state index is 0. The summed E-state index contributed by atoms with van der Waals surface area (Å²) in [7, 11) is 0. The second kappa shape index (κ2) is 11.1. The van der Waals surface area contributed by atoms with E-state index in [0.717, 1.165) is 51.9 Å². The van der Waals surface area contributed by atoms with Crippen LogP contribution >= 0.6 is 24.0 Å². The molecule has 3 fully saturated rings. The number of nitrogens with zero attached hydrogens (tertiary/aromatic N) is 3. The number of likely N-dealkylation sites (tertiary alicyclic amines) is 2. The standard InChI is InChI=1S/C20H38N4O.HI/c1-3-21-19(22-15-18-9-5-6-12-23(18)4-2)24-13-7-10-20(16-24)11-8-14-25-17-20;/h18H,3-17H2,1-2H3,(H,21,22);1H. The molecule has 3 aliphatic rings. The molecular weight excluding hydrogens is 439 g/mol. The highest BCUT2D eigenvalue weighted by Crippen LogP contribution is 2.37. The van der Waals surface area contributed by atoms with Crippen LogP contribution < -0.4 is 5.32 Å². The first-order valence-corrected chi connectivity index (χ1v) is 10.6. The smallest absolute Gasteiger partial charge is 0.193 e. The molecule has 5 nitrogen and oxygen atoms in total. The van der Waals surface area contributed by atoms with Gasteiger partial charge in [-0.2, -0.15) is 0 Å². The van der Waals surface area contributed by atoms with Gasteiger partial charge in [-0.15, -0.1) is 24.0 Å². The van der Waals surface area contributed by atoms with Gasteiger partial charge in [-0.25, -0.2) is 0 Å². The molecule has 26 heavy (non-hydrogen) atoms. The van der Waals surface area contributed by atoms with Crippen molar-refractivity contribution in [1.29, 1.82) is 0 Å². The van der Waals surface area contributed by atoms with Crippen molar-refractivity contribution >= 4 is 29.9 Å². The van der Waals surface area contributed by atoms with E-state index in [0.29, 0.717) is 11.5 Å². The summed E-state index contributed by atoms with van der Waals surface area (Å²) in [6, 6.07) is 0.629. The SMILES string of the molecule is CCNC(=NCC1CCCCN1CC)N1CCCC2(CCCOC2)C1.I. The van der Waals surface area contributed by atoms with Gasteiger partial charge in [0.2, 0.25) is 0 Å². The lowest BCUT2D eigenvalue weighted by atomic mass is 9.76. The van der Waals surface area contributed by atoms with E-state index >= 15 is 0 Å². The van der Waals surface area contributed by atoms with Crippen LogP contribution in [0, 0.1) is 5.41 Å². The highest BCUT2D eigenvalue weighted by molar-refractivity contribution is 14.0. The van der Waals surface area contributed by atoms with E-state index in [4.69, 9.17) is 9.73 Å². The third kappa shape index (κ3) is 5.71. The minimum Gasteiger partial charge on any atom is -0.381 e.